The standard InChI is InChI=1S/C77H52N2/c1-3-22-63(23-4-1)77(64-24-5-2-6-25-64)73-30-12-9-27-69(73)70-48-47-68(52-74(70)77)78(66-45-41-57(42-46-66)61-21-16-26-67(51-61)79-75-31-13-10-28-71(75)72-29-11-14-32-76(72)79)65-43-39-55(40-44-65)54-33-35-56(36-34-54)59-19-15-20-60(49-59)62-38-37-53-17-7-8-18-58(53)50-62/h1-52H. The topological polar surface area (TPSA) is 8.17 Å². The van der Waals surface area contributed by atoms with E-state index < -0.39 is 5.41 Å². The fourth-order valence-corrected chi connectivity index (χ4v) is 12.8. The van der Waals surface area contributed by atoms with Crippen molar-refractivity contribution < 1.29 is 0 Å². The van der Waals surface area contributed by atoms with Gasteiger partial charge in [-0.25, -0.2) is 0 Å². The molecule has 1 aromatic heterocycles. The van der Waals surface area contributed by atoms with Crippen molar-refractivity contribution >= 4 is 49.6 Å². The van der Waals surface area contributed by atoms with E-state index in [1.54, 1.807) is 0 Å². The molecule has 0 aliphatic heterocycles. The third-order valence-electron chi connectivity index (χ3n) is 16.5. The summed E-state index contributed by atoms with van der Waals surface area (Å²) in [4.78, 5) is 2.43. The molecule has 0 N–H and O–H groups in total. The maximum Gasteiger partial charge on any atom is 0.0714 e. The fraction of sp³-hybridized carbons (Fsp3) is 0.0130. The third kappa shape index (κ3) is 7.79. The molecular weight excluding hydrogens is 953 g/mol. The molecule has 79 heavy (non-hydrogen) atoms. The summed E-state index contributed by atoms with van der Waals surface area (Å²) in [5, 5.41) is 5.02. The van der Waals surface area contributed by atoms with Crippen molar-refractivity contribution in [2.75, 3.05) is 4.90 Å². The molecule has 0 saturated carbocycles. The van der Waals surface area contributed by atoms with Gasteiger partial charge in [0.2, 0.25) is 0 Å². The van der Waals surface area contributed by atoms with Crippen LogP contribution in [0.1, 0.15) is 22.3 Å². The second kappa shape index (κ2) is 19.1. The second-order valence-electron chi connectivity index (χ2n) is 20.8. The molecule has 15 rings (SSSR count). The summed E-state index contributed by atoms with van der Waals surface area (Å²) in [5.74, 6) is 0. The van der Waals surface area contributed by atoms with Crippen molar-refractivity contribution in [1.82, 2.24) is 4.57 Å². The molecule has 0 unspecified atom stereocenters. The monoisotopic (exact) mass is 1000 g/mol. The summed E-state index contributed by atoms with van der Waals surface area (Å²) in [6.07, 6.45) is 0. The molecule has 0 atom stereocenters. The highest BCUT2D eigenvalue weighted by molar-refractivity contribution is 6.09. The van der Waals surface area contributed by atoms with Crippen molar-refractivity contribution in [3.63, 3.8) is 0 Å². The number of benzene rings is 13. The number of anilines is 3. The van der Waals surface area contributed by atoms with Crippen molar-refractivity contribution in [3.8, 4) is 61.3 Å². The molecule has 1 aliphatic rings. The Morgan fingerprint density at radius 1 is 0.253 bits per heavy atom. The van der Waals surface area contributed by atoms with Gasteiger partial charge in [0.25, 0.3) is 0 Å². The van der Waals surface area contributed by atoms with Gasteiger partial charge in [-0.05, 0) is 161 Å². The molecule has 1 heterocycles. The highest BCUT2D eigenvalue weighted by atomic mass is 15.1. The quantitative estimate of drug-likeness (QED) is 0.133. The Bertz CT molecular complexity index is 4480. The van der Waals surface area contributed by atoms with E-state index >= 15 is 0 Å². The normalized spacial score (nSPS) is 12.4. The Hall–Kier alpha value is -10.3. The van der Waals surface area contributed by atoms with Gasteiger partial charge in [0.05, 0.1) is 16.4 Å². The Labute approximate surface area is 461 Å². The SMILES string of the molecule is c1ccc(C2(c3ccccc3)c3ccccc3-c3ccc(N(c4ccc(-c5ccc(-c6cccc(-c7ccc8ccccc8c7)c6)cc5)cc4)c4ccc(-c5cccc(-n6c7ccccc7c7ccccc76)c5)cc4)cc32)cc1. The Kier molecular flexibility index (Phi) is 11.1. The van der Waals surface area contributed by atoms with E-state index in [-0.39, 0.29) is 0 Å². The molecule has 14 aromatic rings. The van der Waals surface area contributed by atoms with Gasteiger partial charge in [-0.1, -0.05) is 243 Å². The van der Waals surface area contributed by atoms with Crippen LogP contribution in [0.4, 0.5) is 17.1 Å². The van der Waals surface area contributed by atoms with Crippen LogP contribution in [0.25, 0.3) is 93.9 Å². The first-order chi connectivity index (χ1) is 39.2. The minimum atomic E-state index is -0.533. The second-order valence-corrected chi connectivity index (χ2v) is 20.8. The van der Waals surface area contributed by atoms with Crippen LogP contribution in [0, 0.1) is 0 Å². The number of hydrogen-bond donors (Lipinski definition) is 0. The Balaban J connectivity index is 0.819. The van der Waals surface area contributed by atoms with E-state index in [1.807, 2.05) is 0 Å². The van der Waals surface area contributed by atoms with Gasteiger partial charge in [0.1, 0.15) is 0 Å². The molecule has 0 saturated heterocycles. The highest BCUT2D eigenvalue weighted by Gasteiger charge is 2.46. The first-order valence-electron chi connectivity index (χ1n) is 27.3. The van der Waals surface area contributed by atoms with Crippen LogP contribution in [0.2, 0.25) is 0 Å². The average Bonchev–Trinajstić information content (AvgIpc) is 3.55. The predicted molar refractivity (Wildman–Crippen MR) is 332 cm³/mol. The van der Waals surface area contributed by atoms with E-state index in [9.17, 15) is 0 Å². The summed E-state index contributed by atoms with van der Waals surface area (Å²) in [6.45, 7) is 0. The van der Waals surface area contributed by atoms with Gasteiger partial charge >= 0.3 is 0 Å². The zero-order chi connectivity index (χ0) is 52.3. The van der Waals surface area contributed by atoms with Crippen molar-refractivity contribution in [3.05, 3.63) is 338 Å². The summed E-state index contributed by atoms with van der Waals surface area (Å²) < 4.78 is 2.39. The van der Waals surface area contributed by atoms with Gasteiger partial charge in [0.15, 0.2) is 0 Å². The van der Waals surface area contributed by atoms with E-state index in [2.05, 4.69) is 325 Å². The highest BCUT2D eigenvalue weighted by Crippen LogP contribution is 2.57. The van der Waals surface area contributed by atoms with Crippen LogP contribution in [-0.4, -0.2) is 4.57 Å². The van der Waals surface area contributed by atoms with Crippen LogP contribution in [0.5, 0.6) is 0 Å². The molecule has 0 fully saturated rings. The van der Waals surface area contributed by atoms with Crippen molar-refractivity contribution in [1.29, 1.82) is 0 Å². The fourth-order valence-electron chi connectivity index (χ4n) is 12.8. The summed E-state index contributed by atoms with van der Waals surface area (Å²) in [5.41, 5.74) is 23.3. The molecule has 0 radical (unpaired) electrons. The summed E-state index contributed by atoms with van der Waals surface area (Å²) in [7, 11) is 0. The van der Waals surface area contributed by atoms with E-state index in [0.29, 0.717) is 0 Å². The molecule has 0 spiro atoms. The number of rotatable bonds is 10. The lowest BCUT2D eigenvalue weighted by Gasteiger charge is -2.35. The Morgan fingerprint density at radius 3 is 1.33 bits per heavy atom. The van der Waals surface area contributed by atoms with E-state index in [1.165, 1.54) is 93.8 Å². The van der Waals surface area contributed by atoms with Gasteiger partial charge in [-0.2, -0.15) is 0 Å². The zero-order valence-electron chi connectivity index (χ0n) is 43.4. The lowest BCUT2D eigenvalue weighted by Crippen LogP contribution is -2.28. The molecule has 2 nitrogen and oxygen atoms in total. The third-order valence-corrected chi connectivity index (χ3v) is 16.5. The van der Waals surface area contributed by atoms with E-state index in [4.69, 9.17) is 0 Å². The first kappa shape index (κ1) is 46.1. The van der Waals surface area contributed by atoms with Crippen LogP contribution in [-0.2, 0) is 5.41 Å². The average molecular weight is 1010 g/mol. The number of hydrogen-bond acceptors (Lipinski definition) is 1. The summed E-state index contributed by atoms with van der Waals surface area (Å²) in [6, 6.07) is 116. The molecule has 1 aliphatic carbocycles. The molecule has 0 bridgehead atoms. The van der Waals surface area contributed by atoms with Crippen LogP contribution >= 0.6 is 0 Å². The van der Waals surface area contributed by atoms with Crippen LogP contribution in [0.3, 0.4) is 0 Å². The number of fused-ring (bicyclic) bond motifs is 7. The predicted octanol–water partition coefficient (Wildman–Crippen LogP) is 20.4. The first-order valence-corrected chi connectivity index (χ1v) is 27.3. The minimum Gasteiger partial charge on any atom is -0.310 e. The van der Waals surface area contributed by atoms with Gasteiger partial charge in [0, 0.05) is 33.5 Å². The lowest BCUT2D eigenvalue weighted by atomic mass is 9.67. The molecular formula is C77H52N2. The minimum absolute atomic E-state index is 0.533. The van der Waals surface area contributed by atoms with Crippen LogP contribution < -0.4 is 4.90 Å². The maximum absolute atomic E-state index is 2.46. The number of nitrogens with zero attached hydrogens (tertiary/aromatic N) is 2. The Morgan fingerprint density at radius 2 is 0.696 bits per heavy atom. The lowest BCUT2D eigenvalue weighted by molar-refractivity contribution is 0.768. The number of aromatic nitrogens is 1. The van der Waals surface area contributed by atoms with Crippen LogP contribution in [0.15, 0.2) is 315 Å². The molecule has 370 valence electrons. The van der Waals surface area contributed by atoms with Crippen molar-refractivity contribution in [2.24, 2.45) is 0 Å². The molecule has 13 aromatic carbocycles. The summed E-state index contributed by atoms with van der Waals surface area (Å²) >= 11 is 0. The molecule has 0 amide bonds. The molecule has 2 heteroatoms. The van der Waals surface area contributed by atoms with Gasteiger partial charge in [-0.3, -0.25) is 0 Å². The largest absolute Gasteiger partial charge is 0.310 e. The maximum atomic E-state index is 2.46. The van der Waals surface area contributed by atoms with Crippen molar-refractivity contribution in [2.45, 2.75) is 5.41 Å². The van der Waals surface area contributed by atoms with Gasteiger partial charge in [-0.15, -0.1) is 0 Å². The van der Waals surface area contributed by atoms with Gasteiger partial charge < -0.3 is 9.47 Å². The van der Waals surface area contributed by atoms with E-state index in [0.717, 1.165) is 39.4 Å². The smallest absolute Gasteiger partial charge is 0.0714 e. The number of para-hydroxylation sites is 2. The zero-order valence-corrected chi connectivity index (χ0v) is 43.4.